The van der Waals surface area contributed by atoms with Crippen molar-refractivity contribution in [1.82, 2.24) is 0 Å². The van der Waals surface area contributed by atoms with Gasteiger partial charge in [0.15, 0.2) is 0 Å². The molecule has 0 aliphatic carbocycles. The van der Waals surface area contributed by atoms with Gasteiger partial charge in [-0.05, 0) is 40.5 Å². The Kier molecular flexibility index (Phi) is 3.11. The summed E-state index contributed by atoms with van der Waals surface area (Å²) in [5.74, 6) is -0.239. The zero-order valence-corrected chi connectivity index (χ0v) is 10.3. The zero-order valence-electron chi connectivity index (χ0n) is 10.3. The lowest BCUT2D eigenvalue weighted by molar-refractivity contribution is 0.629. The third-order valence-electron chi connectivity index (χ3n) is 3.00. The molecule has 0 aromatic heterocycles. The Balaban J connectivity index is 2.12. The van der Waals surface area contributed by atoms with Gasteiger partial charge in [0.25, 0.3) is 0 Å². The maximum absolute atomic E-state index is 13.8. The lowest BCUT2D eigenvalue weighted by Gasteiger charge is -2.06. The molecule has 0 saturated carbocycles. The van der Waals surface area contributed by atoms with E-state index >= 15 is 0 Å². The van der Waals surface area contributed by atoms with Gasteiger partial charge in [0.2, 0.25) is 0 Å². The average Bonchev–Trinajstić information content (AvgIpc) is 2.48. The molecule has 0 nitrogen and oxygen atoms in total. The normalized spacial score (nSPS) is 10.4. The number of halogens is 1. The summed E-state index contributed by atoms with van der Waals surface area (Å²) in [6, 6.07) is 25.8. The second-order valence-corrected chi connectivity index (χ2v) is 4.36. The first-order valence-corrected chi connectivity index (χ1v) is 6.17. The predicted molar refractivity (Wildman–Crippen MR) is 76.1 cm³/mol. The minimum atomic E-state index is -0.239. The van der Waals surface area contributed by atoms with Crippen LogP contribution in [-0.4, -0.2) is 0 Å². The van der Waals surface area contributed by atoms with Gasteiger partial charge in [-0.25, -0.2) is 4.39 Å². The highest BCUT2D eigenvalue weighted by molar-refractivity contribution is 5.72. The lowest BCUT2D eigenvalue weighted by Crippen LogP contribution is -1.85. The van der Waals surface area contributed by atoms with E-state index in [9.17, 15) is 4.39 Å². The quantitative estimate of drug-likeness (QED) is 0.600. The number of hydrogen-bond donors (Lipinski definition) is 0. The molecule has 0 N–H and O–H groups in total. The summed E-state index contributed by atoms with van der Waals surface area (Å²) in [6.45, 7) is 0. The maximum Gasteiger partial charge on any atom is 0.124 e. The molecule has 0 aliphatic rings. The second kappa shape index (κ2) is 5.07. The van der Waals surface area contributed by atoms with E-state index in [1.807, 2.05) is 60.7 Å². The molecule has 0 atom stereocenters. The first-order chi connectivity index (χ1) is 9.33. The first kappa shape index (κ1) is 11.7. The van der Waals surface area contributed by atoms with E-state index in [1.165, 1.54) is 12.1 Å². The molecule has 3 aromatic carbocycles. The van der Waals surface area contributed by atoms with E-state index in [0.717, 1.165) is 22.3 Å². The fourth-order valence-electron chi connectivity index (χ4n) is 2.08. The van der Waals surface area contributed by atoms with E-state index in [2.05, 4.69) is 6.07 Å². The van der Waals surface area contributed by atoms with Crippen LogP contribution in [0.25, 0.3) is 22.3 Å². The first-order valence-electron chi connectivity index (χ1n) is 6.17. The van der Waals surface area contributed by atoms with Gasteiger partial charge < -0.3 is 0 Å². The second-order valence-electron chi connectivity index (χ2n) is 4.36. The van der Waals surface area contributed by atoms with Gasteiger partial charge in [0.1, 0.15) is 5.82 Å². The van der Waals surface area contributed by atoms with Crippen LogP contribution in [0.2, 0.25) is 0 Å². The van der Waals surface area contributed by atoms with Crippen LogP contribution in [-0.2, 0) is 0 Å². The Bertz CT molecular complexity index is 615. The molecule has 91 valence electrons. The molecule has 0 heterocycles. The van der Waals surface area contributed by atoms with E-state index in [0.29, 0.717) is 0 Å². The predicted octanol–water partition coefficient (Wildman–Crippen LogP) is 4.96. The molecule has 0 aliphatic heterocycles. The van der Waals surface area contributed by atoms with Crippen LogP contribution in [0.5, 0.6) is 0 Å². The van der Waals surface area contributed by atoms with Crippen molar-refractivity contribution in [3.63, 3.8) is 0 Å². The van der Waals surface area contributed by atoms with Crippen molar-refractivity contribution in [3.8, 4) is 22.3 Å². The van der Waals surface area contributed by atoms with Gasteiger partial charge in [0, 0.05) is 0 Å². The SMILES string of the molecule is Fc1cc(-c2ccccc2)[c]c(-c2ccccc2)c1. The van der Waals surface area contributed by atoms with Crippen molar-refractivity contribution in [1.29, 1.82) is 0 Å². The molecule has 3 aromatic rings. The monoisotopic (exact) mass is 247 g/mol. The van der Waals surface area contributed by atoms with Crippen LogP contribution in [0.4, 0.5) is 4.39 Å². The van der Waals surface area contributed by atoms with Crippen LogP contribution >= 0.6 is 0 Å². The minimum absolute atomic E-state index is 0.239. The highest BCUT2D eigenvalue weighted by atomic mass is 19.1. The summed E-state index contributed by atoms with van der Waals surface area (Å²) in [6.07, 6.45) is 0. The molecule has 1 radical (unpaired) electrons. The van der Waals surface area contributed by atoms with Crippen LogP contribution < -0.4 is 0 Å². The summed E-state index contributed by atoms with van der Waals surface area (Å²) >= 11 is 0. The van der Waals surface area contributed by atoms with Crippen LogP contribution in [0.1, 0.15) is 0 Å². The highest BCUT2D eigenvalue weighted by Gasteiger charge is 2.05. The van der Waals surface area contributed by atoms with Crippen LogP contribution in [0.3, 0.4) is 0 Å². The smallest absolute Gasteiger partial charge is 0.124 e. The van der Waals surface area contributed by atoms with Gasteiger partial charge in [0.05, 0.1) is 0 Å². The highest BCUT2D eigenvalue weighted by Crippen LogP contribution is 2.26. The van der Waals surface area contributed by atoms with Crippen molar-refractivity contribution in [3.05, 3.63) is 84.7 Å². The van der Waals surface area contributed by atoms with Gasteiger partial charge in [-0.1, -0.05) is 60.7 Å². The van der Waals surface area contributed by atoms with E-state index in [1.54, 1.807) is 0 Å². The van der Waals surface area contributed by atoms with Gasteiger partial charge in [-0.2, -0.15) is 0 Å². The Morgan fingerprint density at radius 2 is 1.05 bits per heavy atom. The summed E-state index contributed by atoms with van der Waals surface area (Å²) < 4.78 is 13.8. The Labute approximate surface area is 112 Å². The summed E-state index contributed by atoms with van der Waals surface area (Å²) in [5, 5.41) is 0. The minimum Gasteiger partial charge on any atom is -0.207 e. The Hall–Kier alpha value is -2.41. The van der Waals surface area contributed by atoms with E-state index in [-0.39, 0.29) is 5.82 Å². The topological polar surface area (TPSA) is 0 Å². The van der Waals surface area contributed by atoms with E-state index < -0.39 is 0 Å². The van der Waals surface area contributed by atoms with Gasteiger partial charge in [-0.3, -0.25) is 0 Å². The standard InChI is InChI=1S/C18H12F/c19-18-12-16(14-7-3-1-4-8-14)11-17(13-18)15-9-5-2-6-10-15/h1-10,12-13H. The third-order valence-corrected chi connectivity index (χ3v) is 3.00. The molecular formula is C18H12F. The summed E-state index contributed by atoms with van der Waals surface area (Å²) in [5.41, 5.74) is 3.50. The van der Waals surface area contributed by atoms with Crippen molar-refractivity contribution in [2.24, 2.45) is 0 Å². The fraction of sp³-hybridized carbons (Fsp3) is 0. The summed E-state index contributed by atoms with van der Waals surface area (Å²) in [4.78, 5) is 0. The number of rotatable bonds is 2. The van der Waals surface area contributed by atoms with Gasteiger partial charge in [-0.15, -0.1) is 0 Å². The molecule has 0 saturated heterocycles. The van der Waals surface area contributed by atoms with Crippen molar-refractivity contribution in [2.75, 3.05) is 0 Å². The average molecular weight is 247 g/mol. The van der Waals surface area contributed by atoms with E-state index in [4.69, 9.17) is 0 Å². The molecule has 0 spiro atoms. The van der Waals surface area contributed by atoms with Crippen molar-refractivity contribution < 1.29 is 4.39 Å². The molecule has 0 amide bonds. The molecule has 0 unspecified atom stereocenters. The molecular weight excluding hydrogens is 235 g/mol. The van der Waals surface area contributed by atoms with Crippen molar-refractivity contribution >= 4 is 0 Å². The Morgan fingerprint density at radius 3 is 1.47 bits per heavy atom. The Morgan fingerprint density at radius 1 is 0.632 bits per heavy atom. The molecule has 1 heteroatoms. The lowest BCUT2D eigenvalue weighted by atomic mass is 9.99. The number of benzene rings is 3. The van der Waals surface area contributed by atoms with Gasteiger partial charge >= 0.3 is 0 Å². The molecule has 0 bridgehead atoms. The third kappa shape index (κ3) is 2.55. The molecule has 19 heavy (non-hydrogen) atoms. The summed E-state index contributed by atoms with van der Waals surface area (Å²) in [7, 11) is 0. The maximum atomic E-state index is 13.8. The zero-order chi connectivity index (χ0) is 13.1. The largest absolute Gasteiger partial charge is 0.207 e. The molecule has 0 fully saturated rings. The van der Waals surface area contributed by atoms with Crippen LogP contribution in [0, 0.1) is 11.9 Å². The van der Waals surface area contributed by atoms with Crippen LogP contribution in [0.15, 0.2) is 72.8 Å². The fourth-order valence-corrected chi connectivity index (χ4v) is 2.08. The van der Waals surface area contributed by atoms with Crippen molar-refractivity contribution in [2.45, 2.75) is 0 Å². The number of hydrogen-bond acceptors (Lipinski definition) is 0. The molecule has 3 rings (SSSR count).